The van der Waals surface area contributed by atoms with Gasteiger partial charge in [0, 0.05) is 13.0 Å². The van der Waals surface area contributed by atoms with Crippen molar-refractivity contribution >= 4 is 5.78 Å². The van der Waals surface area contributed by atoms with Gasteiger partial charge in [-0.05, 0) is 65.2 Å². The minimum absolute atomic E-state index is 0.0151. The van der Waals surface area contributed by atoms with Crippen LogP contribution in [0.15, 0.2) is 23.3 Å². The number of ether oxygens (including phenoxy) is 2. The molecule has 0 aliphatic carbocycles. The van der Waals surface area contributed by atoms with Gasteiger partial charge in [-0.3, -0.25) is 4.79 Å². The summed E-state index contributed by atoms with van der Waals surface area (Å²) in [6.45, 7) is 7.36. The van der Waals surface area contributed by atoms with Gasteiger partial charge < -0.3 is 9.47 Å². The molecule has 23 heavy (non-hydrogen) atoms. The van der Waals surface area contributed by atoms with Crippen molar-refractivity contribution in [3.63, 3.8) is 0 Å². The lowest BCUT2D eigenvalue weighted by Crippen LogP contribution is -2.22. The Morgan fingerprint density at radius 1 is 1.17 bits per heavy atom. The third kappa shape index (κ3) is 10.1. The average Bonchev–Trinajstić information content (AvgIpc) is 2.54. The van der Waals surface area contributed by atoms with E-state index in [0.717, 1.165) is 38.7 Å². The van der Waals surface area contributed by atoms with E-state index in [-0.39, 0.29) is 12.1 Å². The molecule has 0 amide bonds. The molecule has 1 aliphatic rings. The summed E-state index contributed by atoms with van der Waals surface area (Å²) in [5, 5.41) is 0. The van der Waals surface area contributed by atoms with E-state index in [9.17, 15) is 4.79 Å². The summed E-state index contributed by atoms with van der Waals surface area (Å²) in [7, 11) is 0. The van der Waals surface area contributed by atoms with E-state index >= 15 is 0 Å². The zero-order valence-electron chi connectivity index (χ0n) is 14.8. The van der Waals surface area contributed by atoms with Crippen molar-refractivity contribution < 1.29 is 14.3 Å². The summed E-state index contributed by atoms with van der Waals surface area (Å²) >= 11 is 0. The lowest BCUT2D eigenvalue weighted by molar-refractivity contribution is -0.155. The summed E-state index contributed by atoms with van der Waals surface area (Å²) in [4.78, 5) is 11.3. The molecule has 1 fully saturated rings. The van der Waals surface area contributed by atoms with E-state index in [4.69, 9.17) is 9.47 Å². The number of rotatable bonds is 9. The maximum Gasteiger partial charge on any atom is 0.205 e. The molecule has 1 atom stereocenters. The molecule has 1 saturated heterocycles. The van der Waals surface area contributed by atoms with Crippen LogP contribution in [0.4, 0.5) is 0 Å². The van der Waals surface area contributed by atoms with Crippen LogP contribution in [0.25, 0.3) is 0 Å². The monoisotopic (exact) mass is 318 g/mol. The molecule has 1 rings (SSSR count). The van der Waals surface area contributed by atoms with Crippen molar-refractivity contribution in [1.82, 2.24) is 0 Å². The fourth-order valence-corrected chi connectivity index (χ4v) is 2.40. The summed E-state index contributed by atoms with van der Waals surface area (Å²) in [6, 6.07) is 0. The number of carbonyl (C=O) groups is 1. The van der Waals surface area contributed by atoms with E-state index in [1.54, 1.807) is 6.92 Å². The summed E-state index contributed by atoms with van der Waals surface area (Å²) in [5.74, 6) is 5.25. The average molecular weight is 318 g/mol. The van der Waals surface area contributed by atoms with Crippen LogP contribution in [-0.2, 0) is 14.3 Å². The number of ketones is 1. The molecule has 0 N–H and O–H groups in total. The number of hydrogen-bond acceptors (Lipinski definition) is 3. The quantitative estimate of drug-likeness (QED) is 0.355. The number of hydrogen-bond donors (Lipinski definition) is 0. The van der Waals surface area contributed by atoms with E-state index in [1.807, 2.05) is 0 Å². The second-order valence-electron chi connectivity index (χ2n) is 6.07. The fourth-order valence-electron chi connectivity index (χ4n) is 2.40. The molecule has 3 nitrogen and oxygen atoms in total. The highest BCUT2D eigenvalue weighted by atomic mass is 16.7. The van der Waals surface area contributed by atoms with Gasteiger partial charge in [0.15, 0.2) is 6.29 Å². The maximum atomic E-state index is 11.3. The summed E-state index contributed by atoms with van der Waals surface area (Å²) in [5.41, 5.74) is 2.59. The number of carbonyl (C=O) groups excluding carboxylic acids is 1. The largest absolute Gasteiger partial charge is 0.353 e. The van der Waals surface area contributed by atoms with Gasteiger partial charge in [-0.15, -0.1) is 0 Å². The number of allylic oxidation sites excluding steroid dienone is 3. The highest BCUT2D eigenvalue weighted by Gasteiger charge is 2.12. The first kappa shape index (κ1) is 19.7. The van der Waals surface area contributed by atoms with Crippen LogP contribution in [0, 0.1) is 11.8 Å². The van der Waals surface area contributed by atoms with Gasteiger partial charge in [0.2, 0.25) is 5.78 Å². The third-order valence-corrected chi connectivity index (χ3v) is 3.89. The molecule has 0 aromatic rings. The van der Waals surface area contributed by atoms with Crippen LogP contribution in [0.1, 0.15) is 65.7 Å². The van der Waals surface area contributed by atoms with Gasteiger partial charge in [0.1, 0.15) is 0 Å². The molecule has 1 heterocycles. The molecule has 3 heteroatoms. The Morgan fingerprint density at radius 2 is 1.96 bits per heavy atom. The van der Waals surface area contributed by atoms with E-state index in [1.165, 1.54) is 17.6 Å². The van der Waals surface area contributed by atoms with E-state index in [0.29, 0.717) is 13.0 Å². The zero-order chi connectivity index (χ0) is 16.9. The van der Waals surface area contributed by atoms with Crippen LogP contribution in [0.2, 0.25) is 0 Å². The van der Waals surface area contributed by atoms with Gasteiger partial charge in [-0.2, -0.15) is 0 Å². The summed E-state index contributed by atoms with van der Waals surface area (Å²) in [6.07, 6.45) is 11.1. The Morgan fingerprint density at radius 3 is 2.65 bits per heavy atom. The van der Waals surface area contributed by atoms with Crippen LogP contribution >= 0.6 is 0 Å². The van der Waals surface area contributed by atoms with E-state index in [2.05, 4.69) is 37.8 Å². The SMILES string of the molecule is CC#CC(=O)CC/C(C)=C/CC/C(C)=C/COC1CCCCO1. The first-order valence-corrected chi connectivity index (χ1v) is 8.62. The molecule has 0 spiro atoms. The van der Waals surface area contributed by atoms with Crippen molar-refractivity contribution in [3.8, 4) is 11.8 Å². The Hall–Kier alpha value is -1.37. The van der Waals surface area contributed by atoms with Crippen LogP contribution in [0.3, 0.4) is 0 Å². The second-order valence-corrected chi connectivity index (χ2v) is 6.07. The highest BCUT2D eigenvalue weighted by Crippen LogP contribution is 2.14. The van der Waals surface area contributed by atoms with Crippen molar-refractivity contribution in [2.75, 3.05) is 13.2 Å². The molecule has 0 bridgehead atoms. The van der Waals surface area contributed by atoms with Crippen molar-refractivity contribution in [3.05, 3.63) is 23.3 Å². The molecule has 0 aromatic carbocycles. The second kappa shape index (κ2) is 12.1. The lowest BCUT2D eigenvalue weighted by atomic mass is 10.1. The molecular weight excluding hydrogens is 288 g/mol. The Kier molecular flexibility index (Phi) is 10.4. The Balaban J connectivity index is 2.16. The smallest absolute Gasteiger partial charge is 0.205 e. The molecular formula is C20H30O3. The minimum Gasteiger partial charge on any atom is -0.353 e. The zero-order valence-corrected chi connectivity index (χ0v) is 14.8. The normalized spacial score (nSPS) is 19.2. The van der Waals surface area contributed by atoms with Gasteiger partial charge in [-0.25, -0.2) is 0 Å². The van der Waals surface area contributed by atoms with E-state index < -0.39 is 0 Å². The predicted molar refractivity (Wildman–Crippen MR) is 94.0 cm³/mol. The van der Waals surface area contributed by atoms with Crippen LogP contribution < -0.4 is 0 Å². The van der Waals surface area contributed by atoms with Crippen molar-refractivity contribution in [1.29, 1.82) is 0 Å². The molecule has 0 saturated carbocycles. The van der Waals surface area contributed by atoms with Crippen LogP contribution in [0.5, 0.6) is 0 Å². The van der Waals surface area contributed by atoms with Gasteiger partial charge in [0.05, 0.1) is 6.61 Å². The first-order valence-electron chi connectivity index (χ1n) is 8.62. The van der Waals surface area contributed by atoms with Gasteiger partial charge in [-0.1, -0.05) is 29.2 Å². The maximum absolute atomic E-state index is 11.3. The molecule has 0 radical (unpaired) electrons. The molecule has 1 aliphatic heterocycles. The lowest BCUT2D eigenvalue weighted by Gasteiger charge is -2.22. The molecule has 1 unspecified atom stereocenters. The number of Topliss-reactive ketones (excluding diaryl/α,β-unsaturated/α-hetero) is 1. The van der Waals surface area contributed by atoms with Crippen molar-refractivity contribution in [2.45, 2.75) is 72.0 Å². The van der Waals surface area contributed by atoms with Crippen molar-refractivity contribution in [2.24, 2.45) is 0 Å². The minimum atomic E-state index is -0.0151. The fraction of sp³-hybridized carbons (Fsp3) is 0.650. The standard InChI is InChI=1S/C20H30O3/c1-4-8-19(21)13-12-17(2)9-7-10-18(3)14-16-23-20-11-5-6-15-22-20/h9,14,20H,5-7,10-13,15-16H2,1-3H3/b17-9+,18-14+. The molecule has 0 aromatic heterocycles. The summed E-state index contributed by atoms with van der Waals surface area (Å²) < 4.78 is 11.2. The first-order chi connectivity index (χ1) is 11.1. The molecule has 128 valence electrons. The topological polar surface area (TPSA) is 35.5 Å². The van der Waals surface area contributed by atoms with Gasteiger partial charge >= 0.3 is 0 Å². The highest BCUT2D eigenvalue weighted by molar-refractivity contribution is 5.95. The van der Waals surface area contributed by atoms with Gasteiger partial charge in [0.25, 0.3) is 0 Å². The third-order valence-electron chi connectivity index (χ3n) is 3.89. The predicted octanol–water partition coefficient (Wildman–Crippen LogP) is 4.58. The Labute approximate surface area is 141 Å². The van der Waals surface area contributed by atoms with Crippen LogP contribution in [-0.4, -0.2) is 25.3 Å². The Bertz CT molecular complexity index is 471.